The highest BCUT2D eigenvalue weighted by Gasteiger charge is 2.22. The molecule has 0 atom stereocenters. The zero-order valence-corrected chi connectivity index (χ0v) is 11.9. The number of nitrogens with one attached hydrogen (secondary N) is 1. The zero-order chi connectivity index (χ0) is 14.8. The molecule has 0 bridgehead atoms. The number of amides is 1. The van der Waals surface area contributed by atoms with Crippen LogP contribution in [0.2, 0.25) is 0 Å². The van der Waals surface area contributed by atoms with E-state index in [1.165, 1.54) is 24.4 Å². The summed E-state index contributed by atoms with van der Waals surface area (Å²) in [6.07, 6.45) is 1.39. The van der Waals surface area contributed by atoms with Crippen molar-refractivity contribution in [3.05, 3.63) is 40.9 Å². The molecule has 1 fully saturated rings. The lowest BCUT2D eigenvalue weighted by atomic mass is 10.2. The lowest BCUT2D eigenvalue weighted by molar-refractivity contribution is 0.0740. The van der Waals surface area contributed by atoms with Crippen LogP contribution in [-0.2, 0) is 0 Å². The van der Waals surface area contributed by atoms with Crippen LogP contribution in [0.25, 0.3) is 10.6 Å². The molecule has 0 radical (unpaired) electrons. The number of rotatable bonds is 2. The minimum absolute atomic E-state index is 0.142. The average molecular weight is 309 g/mol. The number of hydrogen-bond acceptors (Lipinski definition) is 4. The molecular weight excluding hydrogens is 296 g/mol. The van der Waals surface area contributed by atoms with Crippen LogP contribution >= 0.6 is 11.3 Å². The van der Waals surface area contributed by atoms with Crippen molar-refractivity contribution in [3.63, 3.8) is 0 Å². The third-order valence-electron chi connectivity index (χ3n) is 3.30. The summed E-state index contributed by atoms with van der Waals surface area (Å²) in [6, 6.07) is 3.66. The van der Waals surface area contributed by atoms with E-state index >= 15 is 0 Å². The van der Waals surface area contributed by atoms with Crippen molar-refractivity contribution in [2.75, 3.05) is 26.2 Å². The van der Waals surface area contributed by atoms with Crippen molar-refractivity contribution in [2.45, 2.75) is 0 Å². The van der Waals surface area contributed by atoms with E-state index in [2.05, 4.69) is 10.3 Å². The Morgan fingerprint density at radius 2 is 1.90 bits per heavy atom. The van der Waals surface area contributed by atoms with E-state index < -0.39 is 11.6 Å². The minimum Gasteiger partial charge on any atom is -0.335 e. The van der Waals surface area contributed by atoms with E-state index in [4.69, 9.17) is 0 Å². The first-order valence-corrected chi connectivity index (χ1v) is 7.38. The highest BCUT2D eigenvalue weighted by atomic mass is 32.1. The average Bonchev–Trinajstić information content (AvgIpc) is 2.97. The van der Waals surface area contributed by atoms with Gasteiger partial charge in [-0.2, -0.15) is 0 Å². The largest absolute Gasteiger partial charge is 0.335 e. The molecule has 1 saturated heterocycles. The number of benzene rings is 1. The van der Waals surface area contributed by atoms with Gasteiger partial charge < -0.3 is 10.2 Å². The van der Waals surface area contributed by atoms with Crippen molar-refractivity contribution in [3.8, 4) is 10.6 Å². The Morgan fingerprint density at radius 3 is 2.57 bits per heavy atom. The van der Waals surface area contributed by atoms with Crippen LogP contribution in [-0.4, -0.2) is 42.0 Å². The molecule has 4 nitrogen and oxygen atoms in total. The van der Waals surface area contributed by atoms with Crippen LogP contribution in [0, 0.1) is 11.6 Å². The topological polar surface area (TPSA) is 45.2 Å². The van der Waals surface area contributed by atoms with Gasteiger partial charge in [-0.25, -0.2) is 13.8 Å². The molecule has 2 aromatic rings. The zero-order valence-electron chi connectivity index (χ0n) is 11.1. The molecule has 0 spiro atoms. The van der Waals surface area contributed by atoms with Crippen LogP contribution in [0.15, 0.2) is 24.4 Å². The van der Waals surface area contributed by atoms with Crippen molar-refractivity contribution < 1.29 is 13.6 Å². The molecule has 1 amide bonds. The van der Waals surface area contributed by atoms with Gasteiger partial charge in [0.2, 0.25) is 0 Å². The predicted octanol–water partition coefficient (Wildman–Crippen LogP) is 2.13. The predicted molar refractivity (Wildman–Crippen MR) is 76.2 cm³/mol. The Morgan fingerprint density at radius 1 is 1.24 bits per heavy atom. The normalized spacial score (nSPS) is 15.2. The summed E-state index contributed by atoms with van der Waals surface area (Å²) in [5.74, 6) is -1.49. The SMILES string of the molecule is O=C(c1cnc(-c2c(F)cccc2F)s1)N1CCNCC1. The fourth-order valence-corrected chi connectivity index (χ4v) is 3.15. The molecule has 2 heterocycles. The Balaban J connectivity index is 1.88. The first kappa shape index (κ1) is 14.1. The van der Waals surface area contributed by atoms with Gasteiger partial charge in [0.1, 0.15) is 21.5 Å². The maximum atomic E-state index is 13.7. The molecular formula is C14H13F2N3OS. The molecule has 7 heteroatoms. The van der Waals surface area contributed by atoms with Crippen molar-refractivity contribution in [1.82, 2.24) is 15.2 Å². The van der Waals surface area contributed by atoms with E-state index in [0.717, 1.165) is 24.4 Å². The van der Waals surface area contributed by atoms with Crippen molar-refractivity contribution in [1.29, 1.82) is 0 Å². The van der Waals surface area contributed by atoms with Gasteiger partial charge in [0.05, 0.1) is 11.8 Å². The number of carbonyl (C=O) groups excluding carboxylic acids is 1. The Hall–Kier alpha value is -1.86. The summed E-state index contributed by atoms with van der Waals surface area (Å²) in [5, 5.41) is 3.35. The lowest BCUT2D eigenvalue weighted by Gasteiger charge is -2.26. The number of piperazine rings is 1. The molecule has 1 aromatic carbocycles. The minimum atomic E-state index is -0.675. The van der Waals surface area contributed by atoms with Gasteiger partial charge in [-0.15, -0.1) is 11.3 Å². The number of hydrogen-bond donors (Lipinski definition) is 1. The number of halogens is 2. The van der Waals surface area contributed by atoms with Gasteiger partial charge in [-0.1, -0.05) is 6.07 Å². The van der Waals surface area contributed by atoms with Crippen LogP contribution in [0.4, 0.5) is 8.78 Å². The third kappa shape index (κ3) is 2.79. The Labute approximate surface area is 124 Å². The number of thiazole rings is 1. The molecule has 110 valence electrons. The standard InChI is InChI=1S/C14H13F2N3OS/c15-9-2-1-3-10(16)12(9)13-18-8-11(21-13)14(20)19-6-4-17-5-7-19/h1-3,8,17H,4-7H2. The van der Waals surface area contributed by atoms with Crippen molar-refractivity contribution >= 4 is 17.2 Å². The summed E-state index contributed by atoms with van der Waals surface area (Å²) < 4.78 is 27.4. The monoisotopic (exact) mass is 309 g/mol. The third-order valence-corrected chi connectivity index (χ3v) is 4.30. The quantitative estimate of drug-likeness (QED) is 0.924. The molecule has 0 aliphatic carbocycles. The first-order chi connectivity index (χ1) is 10.2. The van der Waals surface area contributed by atoms with E-state index in [1.54, 1.807) is 4.90 Å². The summed E-state index contributed by atoms with van der Waals surface area (Å²) in [5.41, 5.74) is -0.179. The van der Waals surface area contributed by atoms with E-state index in [9.17, 15) is 13.6 Å². The van der Waals surface area contributed by atoms with Crippen LogP contribution in [0.5, 0.6) is 0 Å². The molecule has 21 heavy (non-hydrogen) atoms. The van der Waals surface area contributed by atoms with Crippen LogP contribution in [0.3, 0.4) is 0 Å². The molecule has 1 aliphatic rings. The van der Waals surface area contributed by atoms with Gasteiger partial charge in [0, 0.05) is 26.2 Å². The summed E-state index contributed by atoms with van der Waals surface area (Å²) in [4.78, 5) is 18.4. The van der Waals surface area contributed by atoms with Crippen LogP contribution < -0.4 is 5.32 Å². The first-order valence-electron chi connectivity index (χ1n) is 6.57. The van der Waals surface area contributed by atoms with E-state index in [1.807, 2.05) is 0 Å². The van der Waals surface area contributed by atoms with Gasteiger partial charge >= 0.3 is 0 Å². The molecule has 3 rings (SSSR count). The second-order valence-electron chi connectivity index (χ2n) is 4.67. The smallest absolute Gasteiger partial charge is 0.265 e. The Kier molecular flexibility index (Phi) is 3.94. The number of carbonyl (C=O) groups is 1. The second-order valence-corrected chi connectivity index (χ2v) is 5.70. The Bertz CT molecular complexity index is 648. The van der Waals surface area contributed by atoms with E-state index in [0.29, 0.717) is 18.0 Å². The fourth-order valence-electron chi connectivity index (χ4n) is 2.21. The van der Waals surface area contributed by atoms with Gasteiger partial charge in [-0.05, 0) is 12.1 Å². The molecule has 1 aromatic heterocycles. The molecule has 0 unspecified atom stereocenters. The highest BCUT2D eigenvalue weighted by Crippen LogP contribution is 2.30. The number of nitrogens with zero attached hydrogens (tertiary/aromatic N) is 2. The molecule has 1 N–H and O–H groups in total. The maximum absolute atomic E-state index is 13.7. The second kappa shape index (κ2) is 5.87. The molecule has 1 aliphatic heterocycles. The summed E-state index contributed by atoms with van der Waals surface area (Å²) in [7, 11) is 0. The highest BCUT2D eigenvalue weighted by molar-refractivity contribution is 7.16. The van der Waals surface area contributed by atoms with Crippen molar-refractivity contribution in [2.24, 2.45) is 0 Å². The van der Waals surface area contributed by atoms with Gasteiger partial charge in [-0.3, -0.25) is 4.79 Å². The maximum Gasteiger partial charge on any atom is 0.265 e. The number of aromatic nitrogens is 1. The summed E-state index contributed by atoms with van der Waals surface area (Å²) >= 11 is 1.01. The summed E-state index contributed by atoms with van der Waals surface area (Å²) in [6.45, 7) is 2.75. The van der Waals surface area contributed by atoms with Gasteiger partial charge in [0.25, 0.3) is 5.91 Å². The van der Waals surface area contributed by atoms with E-state index in [-0.39, 0.29) is 16.5 Å². The molecule has 0 saturated carbocycles. The fraction of sp³-hybridized carbons (Fsp3) is 0.286. The van der Waals surface area contributed by atoms with Gasteiger partial charge in [0.15, 0.2) is 0 Å². The van der Waals surface area contributed by atoms with Crippen LogP contribution in [0.1, 0.15) is 9.67 Å². The lowest BCUT2D eigenvalue weighted by Crippen LogP contribution is -2.46.